The second kappa shape index (κ2) is 11.7. The van der Waals surface area contributed by atoms with Crippen molar-refractivity contribution in [1.29, 1.82) is 5.41 Å². The van der Waals surface area contributed by atoms with Gasteiger partial charge in [0, 0.05) is 22.7 Å². The number of fused-ring (bicyclic) bond motifs is 2. The molecule has 42 heavy (non-hydrogen) atoms. The largest absolute Gasteiger partial charge is 0.491 e. The monoisotopic (exact) mass is 577 g/mol. The molecule has 2 aliphatic rings. The number of carbonyl (C=O) groups is 1. The van der Waals surface area contributed by atoms with Crippen LogP contribution in [0.1, 0.15) is 36.5 Å². The molecule has 212 valence electrons. The number of benzene rings is 3. The minimum atomic E-state index is -0.458. The zero-order valence-corrected chi connectivity index (χ0v) is 24.5. The number of amidine groups is 2. The van der Waals surface area contributed by atoms with E-state index >= 15 is 0 Å². The summed E-state index contributed by atoms with van der Waals surface area (Å²) in [6.07, 6.45) is 3.74. The van der Waals surface area contributed by atoms with Crippen LogP contribution in [0.4, 0.5) is 0 Å². The van der Waals surface area contributed by atoms with Crippen molar-refractivity contribution in [2.75, 3.05) is 13.2 Å². The van der Waals surface area contributed by atoms with Crippen LogP contribution in [0.15, 0.2) is 94.7 Å². The third kappa shape index (κ3) is 5.60. The summed E-state index contributed by atoms with van der Waals surface area (Å²) in [5.74, 6) is 1.54. The predicted octanol–water partition coefficient (Wildman–Crippen LogP) is 6.85. The molecule has 1 N–H and O–H groups in total. The van der Waals surface area contributed by atoms with Gasteiger partial charge in [0.1, 0.15) is 29.8 Å². The number of para-hydroxylation sites is 2. The van der Waals surface area contributed by atoms with Gasteiger partial charge in [-0.3, -0.25) is 10.2 Å². The Morgan fingerprint density at radius 3 is 2.62 bits per heavy atom. The lowest BCUT2D eigenvalue weighted by Gasteiger charge is -2.20. The van der Waals surface area contributed by atoms with Gasteiger partial charge < -0.3 is 14.0 Å². The quantitative estimate of drug-likeness (QED) is 0.220. The number of aryl methyl sites for hydroxylation is 1. The van der Waals surface area contributed by atoms with E-state index in [0.29, 0.717) is 29.3 Å². The van der Waals surface area contributed by atoms with Gasteiger partial charge in [0.2, 0.25) is 5.17 Å². The van der Waals surface area contributed by atoms with E-state index in [2.05, 4.69) is 53.6 Å². The lowest BCUT2D eigenvalue weighted by molar-refractivity contribution is -0.114. The number of hydrogen-bond acceptors (Lipinski definition) is 6. The Morgan fingerprint density at radius 2 is 1.81 bits per heavy atom. The number of rotatable bonds is 9. The van der Waals surface area contributed by atoms with E-state index in [9.17, 15) is 4.79 Å². The molecule has 2 aliphatic heterocycles. The van der Waals surface area contributed by atoms with Crippen molar-refractivity contribution in [2.45, 2.75) is 33.2 Å². The van der Waals surface area contributed by atoms with Crippen LogP contribution in [0.3, 0.4) is 0 Å². The maximum Gasteiger partial charge on any atom is 0.283 e. The van der Waals surface area contributed by atoms with Crippen molar-refractivity contribution in [3.05, 3.63) is 101 Å². The molecule has 0 aliphatic carbocycles. The topological polar surface area (TPSA) is 92.3 Å². The van der Waals surface area contributed by atoms with Crippen LogP contribution in [0.2, 0.25) is 0 Å². The SMILES string of the molecule is Cc1ccc(C(C)C)c(OCCn2cc(/C=C3/C(=N)N4N=C(COc5ccccc5)SC4=NC3=O)c3ccccc32)c1. The molecule has 0 radical (unpaired) electrons. The highest BCUT2D eigenvalue weighted by atomic mass is 32.2. The van der Waals surface area contributed by atoms with Crippen molar-refractivity contribution in [3.63, 3.8) is 0 Å². The van der Waals surface area contributed by atoms with Gasteiger partial charge in [0.25, 0.3) is 5.91 Å². The standard InChI is InChI=1S/C33H31N5O3S/c1-21(2)25-14-13-22(3)17-29(25)40-16-15-37-19-23(26-11-7-8-12-28(26)37)18-27-31(34)38-33(35-32(27)39)42-30(36-38)20-41-24-9-5-4-6-10-24/h4-14,17-19,21,34H,15-16,20H2,1-3H3/b27-18-,34-31?. The molecular formula is C33H31N5O3S. The third-order valence-corrected chi connectivity index (χ3v) is 7.98. The molecule has 9 heteroatoms. The van der Waals surface area contributed by atoms with Gasteiger partial charge in [0.15, 0.2) is 5.84 Å². The number of hydrazone groups is 1. The second-order valence-corrected chi connectivity index (χ2v) is 11.5. The minimum Gasteiger partial charge on any atom is -0.491 e. The number of nitrogens with zero attached hydrogens (tertiary/aromatic N) is 4. The highest BCUT2D eigenvalue weighted by Crippen LogP contribution is 2.31. The number of carbonyl (C=O) groups excluding carboxylic acids is 1. The lowest BCUT2D eigenvalue weighted by Crippen LogP contribution is -2.35. The van der Waals surface area contributed by atoms with E-state index in [-0.39, 0.29) is 18.0 Å². The van der Waals surface area contributed by atoms with Crippen molar-refractivity contribution in [2.24, 2.45) is 10.1 Å². The van der Waals surface area contributed by atoms with E-state index < -0.39 is 5.91 Å². The van der Waals surface area contributed by atoms with Gasteiger partial charge in [-0.15, -0.1) is 0 Å². The molecule has 0 saturated heterocycles. The molecule has 0 saturated carbocycles. The summed E-state index contributed by atoms with van der Waals surface area (Å²) in [6.45, 7) is 7.74. The summed E-state index contributed by atoms with van der Waals surface area (Å²) in [4.78, 5) is 17.3. The maximum absolute atomic E-state index is 13.1. The molecular weight excluding hydrogens is 546 g/mol. The highest BCUT2D eigenvalue weighted by Gasteiger charge is 2.36. The van der Waals surface area contributed by atoms with Crippen LogP contribution >= 0.6 is 11.8 Å². The lowest BCUT2D eigenvalue weighted by atomic mass is 10.0. The first-order chi connectivity index (χ1) is 20.4. The number of aromatic nitrogens is 1. The summed E-state index contributed by atoms with van der Waals surface area (Å²) in [5.41, 5.74) is 4.40. The molecule has 0 unspecified atom stereocenters. The van der Waals surface area contributed by atoms with Crippen molar-refractivity contribution < 1.29 is 14.3 Å². The summed E-state index contributed by atoms with van der Waals surface area (Å²) in [5, 5.41) is 16.7. The maximum atomic E-state index is 13.1. The predicted molar refractivity (Wildman–Crippen MR) is 170 cm³/mol. The first-order valence-electron chi connectivity index (χ1n) is 13.9. The van der Waals surface area contributed by atoms with Crippen LogP contribution in [-0.4, -0.2) is 44.7 Å². The normalized spacial score (nSPS) is 15.8. The van der Waals surface area contributed by atoms with Crippen molar-refractivity contribution in [1.82, 2.24) is 9.58 Å². The summed E-state index contributed by atoms with van der Waals surface area (Å²) in [7, 11) is 0. The second-order valence-electron chi connectivity index (χ2n) is 10.5. The zero-order chi connectivity index (χ0) is 29.2. The van der Waals surface area contributed by atoms with Gasteiger partial charge in [-0.25, -0.2) is 0 Å². The van der Waals surface area contributed by atoms with Crippen LogP contribution < -0.4 is 9.47 Å². The summed E-state index contributed by atoms with van der Waals surface area (Å²) in [6, 6.07) is 23.8. The Morgan fingerprint density at radius 1 is 1.02 bits per heavy atom. The van der Waals surface area contributed by atoms with Gasteiger partial charge in [-0.2, -0.15) is 15.1 Å². The molecule has 0 fully saturated rings. The molecule has 0 bridgehead atoms. The van der Waals surface area contributed by atoms with E-state index in [0.717, 1.165) is 33.5 Å². The number of aliphatic imine (C=N–C) groups is 1. The molecule has 0 spiro atoms. The fraction of sp³-hybridized carbons (Fsp3) is 0.212. The fourth-order valence-electron chi connectivity index (χ4n) is 4.98. The molecule has 8 nitrogen and oxygen atoms in total. The number of hydrogen-bond donors (Lipinski definition) is 1. The molecule has 0 atom stereocenters. The summed E-state index contributed by atoms with van der Waals surface area (Å²) >= 11 is 1.24. The van der Waals surface area contributed by atoms with E-state index in [4.69, 9.17) is 14.9 Å². The Balaban J connectivity index is 1.22. The Labute approximate surface area is 248 Å². The zero-order valence-electron chi connectivity index (χ0n) is 23.7. The van der Waals surface area contributed by atoms with E-state index in [1.54, 1.807) is 6.08 Å². The molecule has 1 amide bonds. The van der Waals surface area contributed by atoms with Gasteiger partial charge >= 0.3 is 0 Å². The first kappa shape index (κ1) is 27.5. The van der Waals surface area contributed by atoms with Crippen LogP contribution in [0, 0.1) is 12.3 Å². The van der Waals surface area contributed by atoms with Crippen molar-refractivity contribution >= 4 is 50.7 Å². The number of amides is 1. The first-order valence-corrected chi connectivity index (χ1v) is 14.7. The van der Waals surface area contributed by atoms with Gasteiger partial charge in [0.05, 0.1) is 12.1 Å². The number of thioether (sulfide) groups is 1. The average molecular weight is 578 g/mol. The van der Waals surface area contributed by atoms with Gasteiger partial charge in [-0.1, -0.05) is 62.4 Å². The molecule has 3 heterocycles. The molecule has 6 rings (SSSR count). The smallest absolute Gasteiger partial charge is 0.283 e. The number of nitrogens with one attached hydrogen (secondary N) is 1. The minimum absolute atomic E-state index is 0.00645. The Kier molecular flexibility index (Phi) is 7.67. The summed E-state index contributed by atoms with van der Waals surface area (Å²) < 4.78 is 14.2. The molecule has 1 aromatic heterocycles. The van der Waals surface area contributed by atoms with E-state index in [1.165, 1.54) is 22.3 Å². The van der Waals surface area contributed by atoms with Gasteiger partial charge in [-0.05, 0) is 66.1 Å². The van der Waals surface area contributed by atoms with Crippen LogP contribution in [0.25, 0.3) is 17.0 Å². The van der Waals surface area contributed by atoms with E-state index in [1.807, 2.05) is 60.8 Å². The Hall–Kier alpha value is -4.63. The van der Waals surface area contributed by atoms with Crippen molar-refractivity contribution in [3.8, 4) is 11.5 Å². The molecule has 4 aromatic rings. The highest BCUT2D eigenvalue weighted by molar-refractivity contribution is 8.27. The van der Waals surface area contributed by atoms with Crippen LogP contribution in [0.5, 0.6) is 11.5 Å². The fourth-order valence-corrected chi connectivity index (χ4v) is 5.78. The Bertz CT molecular complexity index is 1770. The number of ether oxygens (including phenoxy) is 2. The van der Waals surface area contributed by atoms with Crippen LogP contribution in [-0.2, 0) is 11.3 Å². The third-order valence-electron chi connectivity index (χ3n) is 7.10. The molecule has 3 aromatic carbocycles. The average Bonchev–Trinajstić information content (AvgIpc) is 3.56.